The maximum atomic E-state index is 12.2. The normalized spacial score (nSPS) is 10.6. The van der Waals surface area contributed by atoms with Crippen molar-refractivity contribution in [3.8, 4) is 5.75 Å². The summed E-state index contributed by atoms with van der Waals surface area (Å²) in [6.07, 6.45) is 0. The first-order valence-electron chi connectivity index (χ1n) is 7.92. The molecule has 0 fully saturated rings. The zero-order chi connectivity index (χ0) is 19.4. The first-order valence-corrected chi connectivity index (χ1v) is 9.08. The van der Waals surface area contributed by atoms with Gasteiger partial charge >= 0.3 is 0 Å². The lowest BCUT2D eigenvalue weighted by Crippen LogP contribution is -2.20. The van der Waals surface area contributed by atoms with Crippen LogP contribution in [0.3, 0.4) is 0 Å². The van der Waals surface area contributed by atoms with Crippen molar-refractivity contribution in [3.63, 3.8) is 0 Å². The Morgan fingerprint density at radius 2 is 2.00 bits per heavy atom. The van der Waals surface area contributed by atoms with Crippen LogP contribution in [-0.2, 0) is 17.9 Å². The van der Waals surface area contributed by atoms with Gasteiger partial charge in [0, 0.05) is 5.02 Å². The lowest BCUT2D eigenvalue weighted by molar-refractivity contribution is -0.117. The fourth-order valence-corrected chi connectivity index (χ4v) is 2.74. The molecule has 3 aromatic rings. The van der Waals surface area contributed by atoms with E-state index in [1.165, 1.54) is 4.68 Å². The lowest BCUT2D eigenvalue weighted by atomic mass is 10.2. The number of carbonyl (C=O) groups excluding carboxylic acids is 1. The Hall–Kier alpha value is -2.35. The minimum atomic E-state index is -0.366. The van der Waals surface area contributed by atoms with Gasteiger partial charge in [0.1, 0.15) is 12.3 Å². The van der Waals surface area contributed by atoms with Crippen LogP contribution in [0.25, 0.3) is 0 Å². The summed E-state index contributed by atoms with van der Waals surface area (Å²) < 4.78 is 12.2. The average Bonchev–Trinajstić information content (AvgIpc) is 2.97. The highest BCUT2D eigenvalue weighted by Gasteiger charge is 2.12. The molecule has 1 amide bonds. The number of aromatic nitrogens is 2. The largest absolute Gasteiger partial charge is 0.484 e. The number of hydrogen-bond donors (Lipinski definition) is 1. The van der Waals surface area contributed by atoms with Crippen molar-refractivity contribution < 1.29 is 13.9 Å². The smallest absolute Gasteiger partial charge is 0.287 e. The molecule has 0 unspecified atom stereocenters. The van der Waals surface area contributed by atoms with Crippen LogP contribution in [0.4, 0.5) is 5.69 Å². The molecule has 0 bridgehead atoms. The Bertz CT molecular complexity index is 1020. The lowest BCUT2D eigenvalue weighted by Gasteiger charge is -2.07. The molecule has 1 heterocycles. The topological polar surface area (TPSA) is 69.3 Å². The third-order valence-corrected chi connectivity index (χ3v) is 4.39. The number of hydrogen-bond acceptors (Lipinski definition) is 5. The fraction of sp³-hybridized carbons (Fsp3) is 0.167. The maximum absolute atomic E-state index is 12.2. The van der Waals surface area contributed by atoms with Crippen LogP contribution in [-0.4, -0.2) is 15.7 Å². The van der Waals surface area contributed by atoms with E-state index >= 15 is 0 Å². The molecular formula is C18H15Cl2N3O3S. The molecule has 0 saturated carbocycles. The Balaban J connectivity index is 1.62. The zero-order valence-corrected chi connectivity index (χ0v) is 16.6. The molecule has 0 aliphatic heterocycles. The predicted molar refractivity (Wildman–Crippen MR) is 106 cm³/mol. The first kappa shape index (κ1) is 19.4. The monoisotopic (exact) mass is 423 g/mol. The molecule has 0 spiro atoms. The van der Waals surface area contributed by atoms with E-state index in [9.17, 15) is 4.79 Å². The molecule has 0 saturated heterocycles. The first-order chi connectivity index (χ1) is 12.9. The van der Waals surface area contributed by atoms with Crippen molar-refractivity contribution in [2.75, 3.05) is 5.32 Å². The van der Waals surface area contributed by atoms with Crippen LogP contribution in [0.5, 0.6) is 5.75 Å². The number of carbonyl (C=O) groups is 1. The van der Waals surface area contributed by atoms with Crippen molar-refractivity contribution in [1.29, 1.82) is 0 Å². The van der Waals surface area contributed by atoms with Crippen LogP contribution in [0.1, 0.15) is 11.5 Å². The van der Waals surface area contributed by atoms with Crippen molar-refractivity contribution >= 4 is 47.0 Å². The molecule has 1 aromatic heterocycles. The van der Waals surface area contributed by atoms with Crippen molar-refractivity contribution in [2.24, 2.45) is 0 Å². The molecule has 3 rings (SSSR count). The minimum absolute atomic E-state index is 0.0739. The highest BCUT2D eigenvalue weighted by atomic mass is 35.5. The molecule has 9 heteroatoms. The van der Waals surface area contributed by atoms with Crippen LogP contribution in [0, 0.1) is 11.8 Å². The molecule has 140 valence electrons. The number of aryl methyl sites for hydroxylation is 1. The van der Waals surface area contributed by atoms with Gasteiger partial charge in [0.2, 0.25) is 5.91 Å². The number of benzene rings is 2. The number of amides is 1. The summed E-state index contributed by atoms with van der Waals surface area (Å²) in [4.78, 5) is 12.3. The number of anilines is 1. The zero-order valence-electron chi connectivity index (χ0n) is 14.2. The number of nitrogens with zero attached hydrogens (tertiary/aromatic N) is 2. The summed E-state index contributed by atoms with van der Waals surface area (Å²) in [5.41, 5.74) is 1.54. The van der Waals surface area contributed by atoms with Gasteiger partial charge in [0.15, 0.2) is 6.61 Å². The quantitative estimate of drug-likeness (QED) is 0.562. The van der Waals surface area contributed by atoms with Gasteiger partial charge in [-0.15, -0.1) is 5.10 Å². The van der Waals surface area contributed by atoms with E-state index in [4.69, 9.17) is 44.6 Å². The molecule has 0 aliphatic rings. The van der Waals surface area contributed by atoms with E-state index in [1.54, 1.807) is 18.2 Å². The van der Waals surface area contributed by atoms with Crippen molar-refractivity contribution in [3.05, 3.63) is 68.8 Å². The summed E-state index contributed by atoms with van der Waals surface area (Å²) in [7, 11) is 0. The molecular weight excluding hydrogens is 409 g/mol. The Morgan fingerprint density at radius 1 is 1.26 bits per heavy atom. The van der Waals surface area contributed by atoms with E-state index in [0.29, 0.717) is 21.5 Å². The highest BCUT2D eigenvalue weighted by molar-refractivity contribution is 7.71. The third kappa shape index (κ3) is 5.32. The van der Waals surface area contributed by atoms with Gasteiger partial charge in [0.05, 0.1) is 10.7 Å². The van der Waals surface area contributed by atoms with Gasteiger partial charge < -0.3 is 14.5 Å². The van der Waals surface area contributed by atoms with E-state index in [0.717, 1.165) is 5.56 Å². The average molecular weight is 424 g/mol. The van der Waals surface area contributed by atoms with Gasteiger partial charge in [-0.1, -0.05) is 40.9 Å². The summed E-state index contributed by atoms with van der Waals surface area (Å²) in [5, 5.41) is 7.67. The number of ether oxygens (including phenoxy) is 1. The summed E-state index contributed by atoms with van der Waals surface area (Å²) in [5.74, 6) is 0.591. The second kappa shape index (κ2) is 8.56. The summed E-state index contributed by atoms with van der Waals surface area (Å²) in [6, 6.07) is 12.4. The predicted octanol–water partition coefficient (Wildman–Crippen LogP) is 5.04. The van der Waals surface area contributed by atoms with Crippen LogP contribution in [0.2, 0.25) is 10.0 Å². The molecule has 6 nitrogen and oxygen atoms in total. The second-order valence-electron chi connectivity index (χ2n) is 5.69. The van der Waals surface area contributed by atoms with E-state index in [2.05, 4.69) is 10.4 Å². The minimum Gasteiger partial charge on any atom is -0.484 e. The maximum Gasteiger partial charge on any atom is 0.287 e. The fourth-order valence-electron chi connectivity index (χ4n) is 2.21. The van der Waals surface area contributed by atoms with E-state index in [1.807, 2.05) is 31.2 Å². The SMILES string of the molecule is Cc1ccc(OCc2nn(CC(=O)Nc3cc(Cl)ccc3Cl)c(=S)o2)cc1. The van der Waals surface area contributed by atoms with Crippen molar-refractivity contribution in [2.45, 2.75) is 20.1 Å². The molecule has 0 atom stereocenters. The van der Waals surface area contributed by atoms with Gasteiger partial charge in [-0.25, -0.2) is 4.68 Å². The van der Waals surface area contributed by atoms with Gasteiger partial charge in [-0.05, 0) is 49.5 Å². The number of nitrogens with one attached hydrogen (secondary N) is 1. The van der Waals surface area contributed by atoms with Crippen LogP contribution < -0.4 is 10.1 Å². The van der Waals surface area contributed by atoms with Crippen molar-refractivity contribution in [1.82, 2.24) is 9.78 Å². The summed E-state index contributed by atoms with van der Waals surface area (Å²) >= 11 is 17.0. The molecule has 1 N–H and O–H groups in total. The van der Waals surface area contributed by atoms with Gasteiger partial charge in [-0.3, -0.25) is 4.79 Å². The Labute approximate surface area is 170 Å². The third-order valence-electron chi connectivity index (χ3n) is 3.53. The Kier molecular flexibility index (Phi) is 6.15. The standard InChI is InChI=1S/C18H15Cl2N3O3S/c1-11-2-5-13(6-3-11)25-10-17-22-23(18(27)26-17)9-16(24)21-15-8-12(19)4-7-14(15)20/h2-8H,9-10H2,1H3,(H,21,24). The van der Waals surface area contributed by atoms with Crippen LogP contribution >= 0.6 is 35.4 Å². The molecule has 27 heavy (non-hydrogen) atoms. The van der Waals surface area contributed by atoms with Crippen LogP contribution in [0.15, 0.2) is 46.9 Å². The number of halogens is 2. The summed E-state index contributed by atoms with van der Waals surface area (Å²) in [6.45, 7) is 1.96. The van der Waals surface area contributed by atoms with Gasteiger partial charge in [0.25, 0.3) is 10.7 Å². The van der Waals surface area contributed by atoms with E-state index in [-0.39, 0.29) is 29.8 Å². The second-order valence-corrected chi connectivity index (χ2v) is 6.89. The number of rotatable bonds is 6. The highest BCUT2D eigenvalue weighted by Crippen LogP contribution is 2.25. The Morgan fingerprint density at radius 3 is 2.74 bits per heavy atom. The van der Waals surface area contributed by atoms with Gasteiger partial charge in [-0.2, -0.15) is 0 Å². The van der Waals surface area contributed by atoms with E-state index < -0.39 is 0 Å². The molecule has 0 aliphatic carbocycles. The molecule has 0 radical (unpaired) electrons. The molecule has 2 aromatic carbocycles.